The topological polar surface area (TPSA) is 23.6 Å². The lowest BCUT2D eigenvalue weighted by molar-refractivity contribution is 0.104. The maximum absolute atomic E-state index is 13.5. The first kappa shape index (κ1) is 20.4. The molecule has 30 heavy (non-hydrogen) atoms. The van der Waals surface area contributed by atoms with Crippen molar-refractivity contribution in [1.82, 2.24) is 0 Å². The number of carbonyl (C=O) groups excluding carboxylic acids is 1. The summed E-state index contributed by atoms with van der Waals surface area (Å²) in [6.45, 7) is 0. The van der Waals surface area contributed by atoms with Gasteiger partial charge in [-0.3, -0.25) is 4.79 Å². The van der Waals surface area contributed by atoms with Crippen LogP contribution in [-0.2, 0) is 0 Å². The molecule has 0 aliphatic rings. The Hall–Kier alpha value is -2.89. The van der Waals surface area contributed by atoms with Crippen LogP contribution in [0.2, 0.25) is 0 Å². The van der Waals surface area contributed by atoms with Crippen LogP contribution in [0.4, 0.5) is 11.4 Å². The Bertz CT molecular complexity index is 1060. The molecule has 4 aromatic rings. The number of ketones is 1. The average Bonchev–Trinajstić information content (AvgIpc) is 3.43. The van der Waals surface area contributed by atoms with Gasteiger partial charge in [-0.15, -0.1) is 22.7 Å². The second-order valence-electron chi connectivity index (χ2n) is 7.54. The fourth-order valence-corrected chi connectivity index (χ4v) is 5.20. The summed E-state index contributed by atoms with van der Waals surface area (Å²) in [6, 6.07) is 20.8. The molecular weight excluding hydrogens is 408 g/mol. The van der Waals surface area contributed by atoms with E-state index in [1.54, 1.807) is 0 Å². The number of hydrogen-bond donors (Lipinski definition) is 0. The lowest BCUT2D eigenvalue weighted by Crippen LogP contribution is -2.08. The van der Waals surface area contributed by atoms with Crippen LogP contribution in [-0.4, -0.2) is 34.0 Å². The lowest BCUT2D eigenvalue weighted by Gasteiger charge is -2.13. The van der Waals surface area contributed by atoms with Crippen molar-refractivity contribution in [3.8, 4) is 22.3 Å². The molecule has 0 N–H and O–H groups in total. The molecule has 2 aromatic carbocycles. The molecule has 0 saturated carbocycles. The van der Waals surface area contributed by atoms with Crippen molar-refractivity contribution in [1.29, 1.82) is 0 Å². The number of carbonyl (C=O) groups is 1. The van der Waals surface area contributed by atoms with Crippen LogP contribution in [0.3, 0.4) is 0 Å². The van der Waals surface area contributed by atoms with Crippen molar-refractivity contribution in [3.05, 3.63) is 81.2 Å². The quantitative estimate of drug-likeness (QED) is 0.325. The van der Waals surface area contributed by atoms with Crippen LogP contribution in [0.5, 0.6) is 0 Å². The standard InChI is InChI=1S/C25H24N2OS2/c1-26(2)19-9-5-17(6-10-19)21-13-15-29-24(21)23(28)25-22(14-16-30-25)18-7-11-20(12-8-18)27(3)4/h5-16H,1-4H3. The van der Waals surface area contributed by atoms with Crippen LogP contribution in [0.15, 0.2) is 71.4 Å². The summed E-state index contributed by atoms with van der Waals surface area (Å²) in [5.41, 5.74) is 6.42. The van der Waals surface area contributed by atoms with Crippen LogP contribution in [0, 0.1) is 0 Å². The Morgan fingerprint density at radius 2 is 0.967 bits per heavy atom. The van der Waals surface area contributed by atoms with Gasteiger partial charge in [-0.1, -0.05) is 24.3 Å². The molecule has 0 aliphatic carbocycles. The van der Waals surface area contributed by atoms with Gasteiger partial charge in [-0.25, -0.2) is 0 Å². The molecule has 0 saturated heterocycles. The van der Waals surface area contributed by atoms with E-state index in [-0.39, 0.29) is 5.78 Å². The Kier molecular flexibility index (Phi) is 5.75. The maximum atomic E-state index is 13.5. The van der Waals surface area contributed by atoms with Gasteiger partial charge in [0.05, 0.1) is 9.75 Å². The zero-order chi connectivity index (χ0) is 21.3. The van der Waals surface area contributed by atoms with Gasteiger partial charge in [0.1, 0.15) is 0 Å². The van der Waals surface area contributed by atoms with E-state index in [9.17, 15) is 4.79 Å². The van der Waals surface area contributed by atoms with E-state index >= 15 is 0 Å². The molecule has 0 fully saturated rings. The number of thiophene rings is 2. The van der Waals surface area contributed by atoms with Gasteiger partial charge in [0.15, 0.2) is 0 Å². The van der Waals surface area contributed by atoms with E-state index in [0.29, 0.717) is 0 Å². The average molecular weight is 433 g/mol. The van der Waals surface area contributed by atoms with E-state index in [2.05, 4.69) is 58.3 Å². The van der Waals surface area contributed by atoms with Gasteiger partial charge in [0.25, 0.3) is 0 Å². The molecule has 0 bridgehead atoms. The van der Waals surface area contributed by atoms with E-state index in [1.165, 1.54) is 22.7 Å². The summed E-state index contributed by atoms with van der Waals surface area (Å²) >= 11 is 3.02. The van der Waals surface area contributed by atoms with Crippen molar-refractivity contribution in [2.24, 2.45) is 0 Å². The summed E-state index contributed by atoms with van der Waals surface area (Å²) in [4.78, 5) is 19.2. The zero-order valence-corrected chi connectivity index (χ0v) is 19.2. The zero-order valence-electron chi connectivity index (χ0n) is 17.5. The number of nitrogens with zero attached hydrogens (tertiary/aromatic N) is 2. The first-order valence-electron chi connectivity index (χ1n) is 9.71. The number of benzene rings is 2. The predicted octanol–water partition coefficient (Wildman–Crippen LogP) is 6.51. The fourth-order valence-electron chi connectivity index (χ4n) is 3.41. The number of anilines is 2. The molecule has 4 rings (SSSR count). The van der Waals surface area contributed by atoms with Crippen molar-refractivity contribution in [3.63, 3.8) is 0 Å². The van der Waals surface area contributed by atoms with E-state index in [0.717, 1.165) is 43.4 Å². The van der Waals surface area contributed by atoms with Gasteiger partial charge in [-0.2, -0.15) is 0 Å². The minimum atomic E-state index is 0.0957. The summed E-state index contributed by atoms with van der Waals surface area (Å²) in [5.74, 6) is 0.0957. The highest BCUT2D eigenvalue weighted by atomic mass is 32.1. The summed E-state index contributed by atoms with van der Waals surface area (Å²) in [7, 11) is 8.10. The van der Waals surface area contributed by atoms with Crippen molar-refractivity contribution >= 4 is 39.8 Å². The van der Waals surface area contributed by atoms with Crippen LogP contribution in [0.25, 0.3) is 22.3 Å². The monoisotopic (exact) mass is 432 g/mol. The summed E-state index contributed by atoms with van der Waals surface area (Å²) < 4.78 is 0. The molecule has 0 unspecified atom stereocenters. The third kappa shape index (κ3) is 3.91. The summed E-state index contributed by atoms with van der Waals surface area (Å²) in [5, 5.41) is 4.00. The second kappa shape index (κ2) is 8.46. The molecule has 2 aromatic heterocycles. The van der Waals surface area contributed by atoms with E-state index in [4.69, 9.17) is 0 Å². The molecule has 0 aliphatic heterocycles. The van der Waals surface area contributed by atoms with E-state index in [1.807, 2.05) is 51.1 Å². The van der Waals surface area contributed by atoms with Gasteiger partial charge >= 0.3 is 0 Å². The molecule has 0 amide bonds. The highest BCUT2D eigenvalue weighted by Gasteiger charge is 2.21. The largest absolute Gasteiger partial charge is 0.378 e. The second-order valence-corrected chi connectivity index (χ2v) is 9.37. The Morgan fingerprint density at radius 3 is 1.30 bits per heavy atom. The molecule has 5 heteroatoms. The predicted molar refractivity (Wildman–Crippen MR) is 132 cm³/mol. The van der Waals surface area contributed by atoms with E-state index < -0.39 is 0 Å². The highest BCUT2D eigenvalue weighted by molar-refractivity contribution is 7.16. The third-order valence-electron chi connectivity index (χ3n) is 5.13. The Balaban J connectivity index is 1.68. The molecular formula is C25H24N2OS2. The smallest absolute Gasteiger partial charge is 0.214 e. The van der Waals surface area contributed by atoms with Crippen LogP contribution in [0.1, 0.15) is 14.5 Å². The normalized spacial score (nSPS) is 10.8. The molecule has 3 nitrogen and oxygen atoms in total. The number of rotatable bonds is 6. The minimum absolute atomic E-state index is 0.0957. The SMILES string of the molecule is CN(C)c1ccc(-c2ccsc2C(=O)c2sccc2-c2ccc(N(C)C)cc2)cc1. The fraction of sp³-hybridized carbons (Fsp3) is 0.160. The van der Waals surface area contributed by atoms with Gasteiger partial charge in [0.2, 0.25) is 5.78 Å². The third-order valence-corrected chi connectivity index (χ3v) is 6.96. The van der Waals surface area contributed by atoms with Crippen molar-refractivity contribution < 1.29 is 4.79 Å². The van der Waals surface area contributed by atoms with Crippen LogP contribution >= 0.6 is 22.7 Å². The molecule has 0 spiro atoms. The Morgan fingerprint density at radius 1 is 0.600 bits per heavy atom. The minimum Gasteiger partial charge on any atom is -0.378 e. The van der Waals surface area contributed by atoms with Gasteiger partial charge < -0.3 is 9.80 Å². The first-order valence-corrected chi connectivity index (χ1v) is 11.5. The Labute approximate surface area is 185 Å². The summed E-state index contributed by atoms with van der Waals surface area (Å²) in [6.07, 6.45) is 0. The molecule has 0 atom stereocenters. The van der Waals surface area contributed by atoms with Gasteiger partial charge in [-0.05, 0) is 58.3 Å². The molecule has 0 radical (unpaired) electrons. The molecule has 152 valence electrons. The molecule has 2 heterocycles. The van der Waals surface area contributed by atoms with Crippen LogP contribution < -0.4 is 9.80 Å². The first-order chi connectivity index (χ1) is 14.5. The van der Waals surface area contributed by atoms with Crippen molar-refractivity contribution in [2.75, 3.05) is 38.0 Å². The number of hydrogen-bond acceptors (Lipinski definition) is 5. The van der Waals surface area contributed by atoms with Gasteiger partial charge in [0, 0.05) is 50.7 Å². The van der Waals surface area contributed by atoms with Crippen molar-refractivity contribution in [2.45, 2.75) is 0 Å². The maximum Gasteiger partial charge on any atom is 0.214 e. The lowest BCUT2D eigenvalue weighted by atomic mass is 10.0. The highest BCUT2D eigenvalue weighted by Crippen LogP contribution is 2.36.